The lowest BCUT2D eigenvalue weighted by Crippen LogP contribution is -2.02. The number of aryl methyl sites for hydroxylation is 3. The summed E-state index contributed by atoms with van der Waals surface area (Å²) in [6.45, 7) is 6.35. The molecule has 3 heterocycles. The van der Waals surface area contributed by atoms with E-state index in [0.29, 0.717) is 12.2 Å². The van der Waals surface area contributed by atoms with Crippen molar-refractivity contribution in [3.05, 3.63) is 65.2 Å². The van der Waals surface area contributed by atoms with Gasteiger partial charge in [-0.1, -0.05) is 17.3 Å². The summed E-state index contributed by atoms with van der Waals surface area (Å²) in [4.78, 5) is 9.03. The minimum atomic E-state index is -0.238. The van der Waals surface area contributed by atoms with Gasteiger partial charge in [0.1, 0.15) is 17.4 Å². The highest BCUT2D eigenvalue weighted by molar-refractivity contribution is 5.80. The van der Waals surface area contributed by atoms with E-state index in [0.717, 1.165) is 39.5 Å². The maximum Gasteiger partial charge on any atom is 0.177 e. The molecule has 0 saturated heterocycles. The summed E-state index contributed by atoms with van der Waals surface area (Å²) in [5, 5.41) is 4.02. The van der Waals surface area contributed by atoms with Gasteiger partial charge >= 0.3 is 0 Å². The Balaban J connectivity index is 1.83. The number of halogens is 1. The first-order valence-electron chi connectivity index (χ1n) is 8.03. The van der Waals surface area contributed by atoms with Crippen molar-refractivity contribution in [1.82, 2.24) is 19.7 Å². The van der Waals surface area contributed by atoms with Crippen LogP contribution >= 0.6 is 0 Å². The highest BCUT2D eigenvalue weighted by Crippen LogP contribution is 2.29. The molecule has 3 aromatic heterocycles. The van der Waals surface area contributed by atoms with E-state index in [2.05, 4.69) is 25.8 Å². The molecular formula is C19H17FN4O. The lowest BCUT2D eigenvalue weighted by Gasteiger charge is -2.08. The zero-order valence-corrected chi connectivity index (χ0v) is 14.2. The first-order chi connectivity index (χ1) is 12.0. The number of benzene rings is 1. The Morgan fingerprint density at radius 2 is 1.88 bits per heavy atom. The van der Waals surface area contributed by atoms with E-state index in [1.165, 1.54) is 12.1 Å². The Hall–Kier alpha value is -3.02. The quantitative estimate of drug-likeness (QED) is 0.563. The first-order valence-corrected chi connectivity index (χ1v) is 8.03. The molecule has 0 spiro atoms. The number of aromatic nitrogens is 4. The number of rotatable bonds is 3. The number of nitrogens with zero attached hydrogens (tertiary/aromatic N) is 4. The highest BCUT2D eigenvalue weighted by atomic mass is 19.1. The van der Waals surface area contributed by atoms with Gasteiger partial charge in [-0.25, -0.2) is 14.4 Å². The summed E-state index contributed by atoms with van der Waals surface area (Å²) in [5.74, 6) is 1.39. The molecule has 0 atom stereocenters. The molecule has 0 fully saturated rings. The van der Waals surface area contributed by atoms with Gasteiger partial charge in [-0.3, -0.25) is 0 Å². The third-order valence-electron chi connectivity index (χ3n) is 4.37. The van der Waals surface area contributed by atoms with Crippen LogP contribution in [0.25, 0.3) is 22.3 Å². The molecule has 0 aliphatic carbocycles. The number of imidazole rings is 1. The second-order valence-electron chi connectivity index (χ2n) is 6.14. The Labute approximate surface area is 144 Å². The second kappa shape index (κ2) is 5.81. The fourth-order valence-electron chi connectivity index (χ4n) is 3.12. The Bertz CT molecular complexity index is 1040. The van der Waals surface area contributed by atoms with E-state index in [4.69, 9.17) is 4.52 Å². The van der Waals surface area contributed by atoms with Crippen molar-refractivity contribution in [1.29, 1.82) is 0 Å². The van der Waals surface area contributed by atoms with Crippen molar-refractivity contribution in [2.24, 2.45) is 0 Å². The zero-order chi connectivity index (χ0) is 17.6. The largest absolute Gasteiger partial charge is 0.361 e. The van der Waals surface area contributed by atoms with E-state index < -0.39 is 0 Å². The molecule has 0 amide bonds. The van der Waals surface area contributed by atoms with Crippen LogP contribution in [-0.4, -0.2) is 19.7 Å². The van der Waals surface area contributed by atoms with Crippen LogP contribution in [0.15, 0.2) is 41.1 Å². The van der Waals surface area contributed by atoms with Crippen LogP contribution < -0.4 is 0 Å². The van der Waals surface area contributed by atoms with Crippen molar-refractivity contribution in [3.8, 4) is 11.1 Å². The fraction of sp³-hybridized carbons (Fsp3) is 0.211. The zero-order valence-electron chi connectivity index (χ0n) is 14.2. The minimum Gasteiger partial charge on any atom is -0.361 e. The predicted octanol–water partition coefficient (Wildman–Crippen LogP) is 4.20. The maximum absolute atomic E-state index is 13.1. The molecule has 6 heteroatoms. The fourth-order valence-corrected chi connectivity index (χ4v) is 3.12. The first kappa shape index (κ1) is 15.5. The molecule has 0 N–H and O–H groups in total. The summed E-state index contributed by atoms with van der Waals surface area (Å²) < 4.78 is 20.5. The summed E-state index contributed by atoms with van der Waals surface area (Å²) in [6.07, 6.45) is 1.80. The van der Waals surface area contributed by atoms with Crippen molar-refractivity contribution in [2.45, 2.75) is 27.3 Å². The third kappa shape index (κ3) is 2.69. The standard InChI is InChI=1S/C19H17FN4O/c1-11-18(12(2)25-23-11)15-8-17-19(21-9-15)22-13(3)24(17)10-14-4-6-16(20)7-5-14/h4-9H,10H2,1-3H3. The molecule has 0 saturated carbocycles. The van der Waals surface area contributed by atoms with Gasteiger partial charge in [0.25, 0.3) is 0 Å². The van der Waals surface area contributed by atoms with E-state index in [1.807, 2.05) is 20.8 Å². The lowest BCUT2D eigenvalue weighted by molar-refractivity contribution is 0.393. The van der Waals surface area contributed by atoms with Gasteiger partial charge in [-0.15, -0.1) is 0 Å². The smallest absolute Gasteiger partial charge is 0.177 e. The van der Waals surface area contributed by atoms with Gasteiger partial charge in [0.05, 0.1) is 11.2 Å². The van der Waals surface area contributed by atoms with Crippen LogP contribution in [-0.2, 0) is 6.54 Å². The number of pyridine rings is 1. The van der Waals surface area contributed by atoms with Crippen LogP contribution in [0.2, 0.25) is 0 Å². The van der Waals surface area contributed by atoms with Gasteiger partial charge in [0.15, 0.2) is 5.65 Å². The van der Waals surface area contributed by atoms with Crippen LogP contribution in [0.4, 0.5) is 4.39 Å². The molecule has 126 valence electrons. The molecule has 0 radical (unpaired) electrons. The molecule has 0 aliphatic rings. The van der Waals surface area contributed by atoms with Crippen LogP contribution in [0.1, 0.15) is 22.8 Å². The summed E-state index contributed by atoms with van der Waals surface area (Å²) in [6, 6.07) is 8.56. The van der Waals surface area contributed by atoms with Gasteiger partial charge in [-0.2, -0.15) is 0 Å². The lowest BCUT2D eigenvalue weighted by atomic mass is 10.1. The van der Waals surface area contributed by atoms with Crippen molar-refractivity contribution >= 4 is 11.2 Å². The average Bonchev–Trinajstić information content (AvgIpc) is 3.09. The van der Waals surface area contributed by atoms with Gasteiger partial charge in [0, 0.05) is 23.9 Å². The number of hydrogen-bond acceptors (Lipinski definition) is 4. The van der Waals surface area contributed by atoms with E-state index in [9.17, 15) is 4.39 Å². The molecular weight excluding hydrogens is 319 g/mol. The van der Waals surface area contributed by atoms with Crippen molar-refractivity contribution in [2.75, 3.05) is 0 Å². The Morgan fingerprint density at radius 3 is 2.56 bits per heavy atom. The molecule has 0 bridgehead atoms. The topological polar surface area (TPSA) is 56.7 Å². The van der Waals surface area contributed by atoms with E-state index in [1.54, 1.807) is 18.3 Å². The van der Waals surface area contributed by atoms with Crippen LogP contribution in [0, 0.1) is 26.6 Å². The van der Waals surface area contributed by atoms with E-state index in [-0.39, 0.29) is 5.82 Å². The minimum absolute atomic E-state index is 0.238. The molecule has 4 aromatic rings. The molecule has 4 rings (SSSR count). The van der Waals surface area contributed by atoms with Gasteiger partial charge < -0.3 is 9.09 Å². The second-order valence-corrected chi connectivity index (χ2v) is 6.14. The van der Waals surface area contributed by atoms with Crippen molar-refractivity contribution in [3.63, 3.8) is 0 Å². The molecule has 0 unspecified atom stereocenters. The average molecular weight is 336 g/mol. The summed E-state index contributed by atoms with van der Waals surface area (Å²) in [5.41, 5.74) is 5.37. The Kier molecular flexibility index (Phi) is 3.60. The Morgan fingerprint density at radius 1 is 1.12 bits per heavy atom. The monoisotopic (exact) mass is 336 g/mol. The summed E-state index contributed by atoms with van der Waals surface area (Å²) >= 11 is 0. The molecule has 1 aromatic carbocycles. The maximum atomic E-state index is 13.1. The molecule has 5 nitrogen and oxygen atoms in total. The van der Waals surface area contributed by atoms with Crippen molar-refractivity contribution < 1.29 is 8.91 Å². The molecule has 0 aliphatic heterocycles. The SMILES string of the molecule is Cc1noc(C)c1-c1cnc2nc(C)n(Cc3ccc(F)cc3)c2c1. The number of fused-ring (bicyclic) bond motifs is 1. The van der Waals surface area contributed by atoms with Crippen LogP contribution in [0.3, 0.4) is 0 Å². The highest BCUT2D eigenvalue weighted by Gasteiger charge is 2.15. The van der Waals surface area contributed by atoms with Crippen LogP contribution in [0.5, 0.6) is 0 Å². The third-order valence-corrected chi connectivity index (χ3v) is 4.37. The van der Waals surface area contributed by atoms with Gasteiger partial charge in [0.2, 0.25) is 0 Å². The number of hydrogen-bond donors (Lipinski definition) is 0. The normalized spacial score (nSPS) is 11.4. The molecule has 25 heavy (non-hydrogen) atoms. The summed E-state index contributed by atoms with van der Waals surface area (Å²) in [7, 11) is 0. The van der Waals surface area contributed by atoms with E-state index >= 15 is 0 Å². The predicted molar refractivity (Wildman–Crippen MR) is 92.7 cm³/mol. The van der Waals surface area contributed by atoms with Gasteiger partial charge in [-0.05, 0) is 44.5 Å².